The van der Waals surface area contributed by atoms with Crippen molar-refractivity contribution in [3.05, 3.63) is 47.5 Å². The molecule has 2 rings (SSSR count). The maximum absolute atomic E-state index is 12.8. The number of ether oxygens (including phenoxy) is 6. The molecule has 2 atom stereocenters. The molecule has 0 amide bonds. The van der Waals surface area contributed by atoms with Crippen molar-refractivity contribution in [3.63, 3.8) is 0 Å². The summed E-state index contributed by atoms with van der Waals surface area (Å²) in [7, 11) is 2.62. The molecule has 0 unspecified atom stereocenters. The Morgan fingerprint density at radius 3 is 1.33 bits per heavy atom. The molecule has 0 aliphatic rings. The van der Waals surface area contributed by atoms with E-state index in [0.717, 1.165) is 12.1 Å². The fourth-order valence-electron chi connectivity index (χ4n) is 2.92. The van der Waals surface area contributed by atoms with Gasteiger partial charge in [0.15, 0.2) is 23.0 Å². The maximum atomic E-state index is 12.8. The number of benzene rings is 2. The fourth-order valence-corrected chi connectivity index (χ4v) is 2.92. The van der Waals surface area contributed by atoms with Gasteiger partial charge in [-0.3, -0.25) is 0 Å². The van der Waals surface area contributed by atoms with Gasteiger partial charge in [-0.05, 0) is 50.2 Å². The average molecular weight is 506 g/mol. The molecule has 194 valence electrons. The molecule has 0 fully saturated rings. The van der Waals surface area contributed by atoms with Crippen molar-refractivity contribution in [3.8, 4) is 23.0 Å². The monoisotopic (exact) mass is 506 g/mol. The largest absolute Gasteiger partial charge is 0.504 e. The van der Waals surface area contributed by atoms with Crippen LogP contribution in [0.3, 0.4) is 0 Å². The molecule has 0 saturated carbocycles. The highest BCUT2D eigenvalue weighted by molar-refractivity contribution is 5.96. The smallest absolute Gasteiger partial charge is 0.352 e. The summed E-state index contributed by atoms with van der Waals surface area (Å²) in [6.07, 6.45) is -4.12. The van der Waals surface area contributed by atoms with Crippen LogP contribution in [0, 0.1) is 0 Å². The summed E-state index contributed by atoms with van der Waals surface area (Å²) < 4.78 is 30.0. The molecule has 36 heavy (non-hydrogen) atoms. The summed E-state index contributed by atoms with van der Waals surface area (Å²) in [5.41, 5.74) is -0.395. The number of rotatable bonds is 11. The zero-order chi connectivity index (χ0) is 26.8. The molecule has 0 saturated heterocycles. The molecule has 0 aromatic heterocycles. The van der Waals surface area contributed by atoms with Crippen LogP contribution in [0.15, 0.2) is 36.4 Å². The van der Waals surface area contributed by atoms with E-state index in [-0.39, 0.29) is 47.3 Å². The number of carbonyl (C=O) groups is 4. The van der Waals surface area contributed by atoms with Crippen molar-refractivity contribution in [2.75, 3.05) is 27.4 Å². The molecular weight excluding hydrogens is 480 g/mol. The van der Waals surface area contributed by atoms with E-state index in [9.17, 15) is 29.4 Å². The van der Waals surface area contributed by atoms with Gasteiger partial charge in [-0.25, -0.2) is 19.2 Å². The summed E-state index contributed by atoms with van der Waals surface area (Å²) in [5.74, 6) is -5.26. The maximum Gasteiger partial charge on any atom is 0.352 e. The van der Waals surface area contributed by atoms with E-state index in [2.05, 4.69) is 0 Å². The van der Waals surface area contributed by atoms with Crippen molar-refractivity contribution >= 4 is 23.9 Å². The van der Waals surface area contributed by atoms with Crippen molar-refractivity contribution in [2.45, 2.75) is 26.1 Å². The molecule has 0 aliphatic carbocycles. The molecule has 0 heterocycles. The van der Waals surface area contributed by atoms with Gasteiger partial charge in [-0.15, -0.1) is 0 Å². The fraction of sp³-hybridized carbons (Fsp3) is 0.333. The minimum Gasteiger partial charge on any atom is -0.504 e. The molecular formula is C24H26O12. The van der Waals surface area contributed by atoms with Gasteiger partial charge in [0.25, 0.3) is 0 Å². The van der Waals surface area contributed by atoms with E-state index < -0.39 is 36.1 Å². The SMILES string of the molecule is CCOC(=O)[C@H](OC(=O)c1ccc(OC)c(O)c1)[C@@H](OC(=O)c1ccc(OC)c(O)c1)C(=O)OCC. The van der Waals surface area contributed by atoms with Crippen LogP contribution in [-0.2, 0) is 28.5 Å². The van der Waals surface area contributed by atoms with Gasteiger partial charge >= 0.3 is 23.9 Å². The third-order valence-electron chi connectivity index (χ3n) is 4.61. The van der Waals surface area contributed by atoms with Crippen LogP contribution in [0.1, 0.15) is 34.6 Å². The van der Waals surface area contributed by atoms with Crippen LogP contribution in [0.4, 0.5) is 0 Å². The van der Waals surface area contributed by atoms with Crippen LogP contribution in [-0.4, -0.2) is 73.7 Å². The Labute approximate surface area is 206 Å². The van der Waals surface area contributed by atoms with Crippen LogP contribution >= 0.6 is 0 Å². The van der Waals surface area contributed by atoms with Crippen LogP contribution < -0.4 is 9.47 Å². The number of methoxy groups -OCH3 is 2. The van der Waals surface area contributed by atoms with Gasteiger partial charge in [0, 0.05) is 0 Å². The van der Waals surface area contributed by atoms with E-state index in [0.29, 0.717) is 0 Å². The lowest BCUT2D eigenvalue weighted by Crippen LogP contribution is -2.47. The highest BCUT2D eigenvalue weighted by Gasteiger charge is 2.43. The van der Waals surface area contributed by atoms with Crippen molar-refractivity contribution < 1.29 is 57.8 Å². The minimum atomic E-state index is -2.06. The standard InChI is InChI=1S/C24H26O12/c1-5-33-23(29)19(35-21(27)13-7-9-17(31-3)15(25)11-13)20(24(30)34-6-2)36-22(28)14-8-10-18(32-4)16(26)12-14/h7-12,19-20,25-26H,5-6H2,1-4H3/t19-,20-/m1/s1. The Bertz CT molecular complexity index is 1020. The Hall–Kier alpha value is -4.48. The van der Waals surface area contributed by atoms with E-state index >= 15 is 0 Å². The first-order valence-electron chi connectivity index (χ1n) is 10.7. The first-order valence-corrected chi connectivity index (χ1v) is 10.7. The second kappa shape index (κ2) is 12.8. The van der Waals surface area contributed by atoms with Crippen molar-refractivity contribution in [2.24, 2.45) is 0 Å². The summed E-state index contributed by atoms with van der Waals surface area (Å²) in [4.78, 5) is 50.8. The van der Waals surface area contributed by atoms with E-state index in [1.807, 2.05) is 0 Å². The molecule has 12 nitrogen and oxygen atoms in total. The number of aromatic hydroxyl groups is 2. The van der Waals surface area contributed by atoms with Crippen molar-refractivity contribution in [1.82, 2.24) is 0 Å². The van der Waals surface area contributed by atoms with Gasteiger partial charge in [0.2, 0.25) is 12.2 Å². The predicted molar refractivity (Wildman–Crippen MR) is 121 cm³/mol. The average Bonchev–Trinajstić information content (AvgIpc) is 2.85. The highest BCUT2D eigenvalue weighted by Crippen LogP contribution is 2.28. The summed E-state index contributed by atoms with van der Waals surface area (Å²) in [5, 5.41) is 19.9. The Morgan fingerprint density at radius 1 is 0.694 bits per heavy atom. The lowest BCUT2D eigenvalue weighted by atomic mass is 10.1. The van der Waals surface area contributed by atoms with Gasteiger partial charge in [0.1, 0.15) is 0 Å². The first kappa shape index (κ1) is 27.8. The van der Waals surface area contributed by atoms with E-state index in [1.54, 1.807) is 0 Å². The lowest BCUT2D eigenvalue weighted by Gasteiger charge is -2.24. The third-order valence-corrected chi connectivity index (χ3v) is 4.61. The number of phenols is 2. The normalized spacial score (nSPS) is 12.0. The molecule has 0 bridgehead atoms. The molecule has 2 aromatic rings. The summed E-state index contributed by atoms with van der Waals surface area (Å²) >= 11 is 0. The molecule has 2 aromatic carbocycles. The van der Waals surface area contributed by atoms with Crippen LogP contribution in [0.2, 0.25) is 0 Å². The Kier molecular flexibility index (Phi) is 9.90. The second-order valence-corrected chi connectivity index (χ2v) is 6.93. The van der Waals surface area contributed by atoms with Crippen LogP contribution in [0.25, 0.3) is 0 Å². The van der Waals surface area contributed by atoms with E-state index in [4.69, 9.17) is 28.4 Å². The summed E-state index contributed by atoms with van der Waals surface area (Å²) in [6, 6.07) is 7.10. The number of hydrogen-bond acceptors (Lipinski definition) is 12. The number of esters is 4. The zero-order valence-electron chi connectivity index (χ0n) is 20.0. The number of phenolic OH excluding ortho intramolecular Hbond substituents is 2. The van der Waals surface area contributed by atoms with Gasteiger partial charge in [0.05, 0.1) is 38.6 Å². The van der Waals surface area contributed by atoms with Gasteiger partial charge in [-0.2, -0.15) is 0 Å². The molecule has 12 heteroatoms. The molecule has 2 N–H and O–H groups in total. The minimum absolute atomic E-state index is 0.0783. The lowest BCUT2D eigenvalue weighted by molar-refractivity contribution is -0.173. The molecule has 0 aliphatic heterocycles. The Morgan fingerprint density at radius 2 is 1.06 bits per heavy atom. The van der Waals surface area contributed by atoms with Crippen LogP contribution in [0.5, 0.6) is 23.0 Å². The number of hydrogen-bond donors (Lipinski definition) is 2. The topological polar surface area (TPSA) is 164 Å². The third kappa shape index (κ3) is 6.78. The van der Waals surface area contributed by atoms with Gasteiger partial charge < -0.3 is 38.6 Å². The molecule has 0 radical (unpaired) electrons. The van der Waals surface area contributed by atoms with Gasteiger partial charge in [-0.1, -0.05) is 0 Å². The quantitative estimate of drug-likeness (QED) is 0.337. The Balaban J connectivity index is 2.40. The number of carbonyl (C=O) groups excluding carboxylic acids is 4. The zero-order valence-corrected chi connectivity index (χ0v) is 20.0. The summed E-state index contributed by atoms with van der Waals surface area (Å²) in [6.45, 7) is 2.66. The van der Waals surface area contributed by atoms with E-state index in [1.165, 1.54) is 52.3 Å². The second-order valence-electron chi connectivity index (χ2n) is 6.93. The first-order chi connectivity index (χ1) is 17.2. The molecule has 0 spiro atoms. The van der Waals surface area contributed by atoms with Crippen molar-refractivity contribution in [1.29, 1.82) is 0 Å². The predicted octanol–water partition coefficient (Wildman–Crippen LogP) is 1.99. The highest BCUT2D eigenvalue weighted by atomic mass is 16.6.